The first-order valence-electron chi connectivity index (χ1n) is 11.5. The van der Waals surface area contributed by atoms with Crippen molar-refractivity contribution in [2.45, 2.75) is 38.8 Å². The van der Waals surface area contributed by atoms with Gasteiger partial charge in [0.05, 0.1) is 25.3 Å². The predicted molar refractivity (Wildman–Crippen MR) is 132 cm³/mol. The summed E-state index contributed by atoms with van der Waals surface area (Å²) in [5, 5.41) is 12.4. The summed E-state index contributed by atoms with van der Waals surface area (Å²) in [7, 11) is 0. The molecule has 0 fully saturated rings. The number of ether oxygens (including phenoxy) is 2. The van der Waals surface area contributed by atoms with E-state index >= 15 is 0 Å². The lowest BCUT2D eigenvalue weighted by Gasteiger charge is -2.37. The Morgan fingerprint density at radius 3 is 3.03 bits per heavy atom. The van der Waals surface area contributed by atoms with Crippen LogP contribution in [0.5, 0.6) is 5.75 Å². The highest BCUT2D eigenvalue weighted by Crippen LogP contribution is 2.34. The number of rotatable bonds is 12. The predicted octanol–water partition coefficient (Wildman–Crippen LogP) is 3.28. The summed E-state index contributed by atoms with van der Waals surface area (Å²) in [6, 6.07) is 9.96. The number of aliphatic hydroxyl groups is 1. The summed E-state index contributed by atoms with van der Waals surface area (Å²) in [5.74, 6) is 3.26. The van der Waals surface area contributed by atoms with Crippen LogP contribution in [-0.4, -0.2) is 72.9 Å². The lowest BCUT2D eigenvalue weighted by molar-refractivity contribution is -0.136. The summed E-state index contributed by atoms with van der Waals surface area (Å²) in [5.41, 5.74) is 2.32. The van der Waals surface area contributed by atoms with Crippen molar-refractivity contribution in [3.8, 4) is 18.1 Å². The van der Waals surface area contributed by atoms with Gasteiger partial charge >= 0.3 is 0 Å². The topological polar surface area (TPSA) is 62.2 Å². The summed E-state index contributed by atoms with van der Waals surface area (Å²) in [4.78, 5) is 18.7. The minimum Gasteiger partial charge on any atom is -0.491 e. The number of fused-ring (bicyclic) bond motifs is 1. The number of carbonyl (C=O) groups is 1. The number of nitrogens with zero attached hydrogens (tertiary/aromatic N) is 2. The maximum Gasteiger partial charge on any atom is 0.237 e. The van der Waals surface area contributed by atoms with Crippen LogP contribution in [0.15, 0.2) is 35.7 Å². The van der Waals surface area contributed by atoms with Crippen LogP contribution >= 0.6 is 11.3 Å². The quantitative estimate of drug-likeness (QED) is 0.381. The Hall–Kier alpha value is -2.37. The van der Waals surface area contributed by atoms with Crippen molar-refractivity contribution in [1.29, 1.82) is 0 Å². The first-order chi connectivity index (χ1) is 16.0. The molecular weight excluding hydrogens is 436 g/mol. The van der Waals surface area contributed by atoms with Gasteiger partial charge in [-0.25, -0.2) is 0 Å². The third-order valence-electron chi connectivity index (χ3n) is 5.68. The molecule has 1 aromatic carbocycles. The van der Waals surface area contributed by atoms with E-state index in [1.807, 2.05) is 41.0 Å². The Morgan fingerprint density at radius 2 is 2.27 bits per heavy atom. The van der Waals surface area contributed by atoms with Gasteiger partial charge in [0.25, 0.3) is 0 Å². The molecule has 0 saturated carbocycles. The van der Waals surface area contributed by atoms with Crippen LogP contribution in [0.2, 0.25) is 0 Å². The molecule has 2 atom stereocenters. The average molecular weight is 471 g/mol. The molecule has 0 radical (unpaired) electrons. The number of aliphatic hydroxyl groups excluding tert-OH is 1. The van der Waals surface area contributed by atoms with E-state index in [1.54, 1.807) is 11.3 Å². The molecule has 1 amide bonds. The zero-order valence-corrected chi connectivity index (χ0v) is 20.4. The Labute approximate surface area is 201 Å². The third-order valence-corrected chi connectivity index (χ3v) is 6.67. The van der Waals surface area contributed by atoms with Crippen LogP contribution in [0.25, 0.3) is 0 Å². The minimum absolute atomic E-state index is 0.0508. The number of thiophene rings is 1. The second-order valence-electron chi connectivity index (χ2n) is 8.39. The number of amides is 1. The standard InChI is InChI=1S/C26H34N2O4S/c1-4-11-27(16-21(29)18-31-13-5-2)17-26(30)28-12-9-25-23(10-14-33-25)24(28)19-32-22-8-6-7-20(3)15-22/h2,6-8,10,14-15,21,24,29H,4,9,11-13,16-19H2,1,3H3/t21-,24-/m0/s1. The second kappa shape index (κ2) is 12.8. The van der Waals surface area contributed by atoms with Crippen molar-refractivity contribution < 1.29 is 19.4 Å². The molecule has 0 aliphatic carbocycles. The molecule has 0 saturated heterocycles. The van der Waals surface area contributed by atoms with Crippen LogP contribution in [-0.2, 0) is 16.0 Å². The molecule has 1 aromatic heterocycles. The van der Waals surface area contributed by atoms with E-state index in [9.17, 15) is 9.90 Å². The number of aryl methyl sites for hydroxylation is 1. The average Bonchev–Trinajstić information content (AvgIpc) is 3.27. The molecule has 3 rings (SSSR count). The van der Waals surface area contributed by atoms with Gasteiger partial charge in [-0.05, 0) is 61.0 Å². The molecule has 6 nitrogen and oxygen atoms in total. The van der Waals surface area contributed by atoms with Gasteiger partial charge in [-0.2, -0.15) is 0 Å². The lowest BCUT2D eigenvalue weighted by Crippen LogP contribution is -2.48. The number of carbonyl (C=O) groups excluding carboxylic acids is 1. The normalized spacial score (nSPS) is 16.3. The van der Waals surface area contributed by atoms with Gasteiger partial charge in [0.1, 0.15) is 19.0 Å². The maximum absolute atomic E-state index is 13.4. The van der Waals surface area contributed by atoms with Crippen LogP contribution in [0.3, 0.4) is 0 Å². The molecule has 2 aromatic rings. The van der Waals surface area contributed by atoms with Crippen LogP contribution in [0.4, 0.5) is 0 Å². The summed E-state index contributed by atoms with van der Waals surface area (Å²) < 4.78 is 11.4. The summed E-state index contributed by atoms with van der Waals surface area (Å²) in [6.07, 6.45) is 6.25. The third kappa shape index (κ3) is 7.31. The van der Waals surface area contributed by atoms with Gasteiger partial charge < -0.3 is 19.5 Å². The van der Waals surface area contributed by atoms with Crippen molar-refractivity contribution in [3.05, 3.63) is 51.7 Å². The van der Waals surface area contributed by atoms with E-state index < -0.39 is 6.10 Å². The van der Waals surface area contributed by atoms with Crippen LogP contribution in [0, 0.1) is 19.3 Å². The van der Waals surface area contributed by atoms with Crippen LogP contribution in [0.1, 0.15) is 35.4 Å². The molecule has 7 heteroatoms. The fourth-order valence-corrected chi connectivity index (χ4v) is 5.12. The first kappa shape index (κ1) is 25.3. The van der Waals surface area contributed by atoms with E-state index in [2.05, 4.69) is 24.3 Å². The molecular formula is C26H34N2O4S. The number of hydrogen-bond acceptors (Lipinski definition) is 6. The van der Waals surface area contributed by atoms with E-state index in [1.165, 1.54) is 10.4 Å². The smallest absolute Gasteiger partial charge is 0.237 e. The Balaban J connectivity index is 1.67. The monoisotopic (exact) mass is 470 g/mol. The van der Waals surface area contributed by atoms with Crippen LogP contribution < -0.4 is 4.74 Å². The lowest BCUT2D eigenvalue weighted by atomic mass is 10.0. The van der Waals surface area contributed by atoms with E-state index in [-0.39, 0.29) is 31.7 Å². The summed E-state index contributed by atoms with van der Waals surface area (Å²) >= 11 is 1.74. The zero-order chi connectivity index (χ0) is 23.6. The molecule has 33 heavy (non-hydrogen) atoms. The van der Waals surface area contributed by atoms with Crippen molar-refractivity contribution >= 4 is 17.2 Å². The van der Waals surface area contributed by atoms with Gasteiger partial charge in [-0.1, -0.05) is 25.0 Å². The molecule has 178 valence electrons. The highest BCUT2D eigenvalue weighted by molar-refractivity contribution is 7.10. The van der Waals surface area contributed by atoms with Crippen molar-refractivity contribution in [2.24, 2.45) is 0 Å². The van der Waals surface area contributed by atoms with Gasteiger partial charge in [-0.3, -0.25) is 9.69 Å². The van der Waals surface area contributed by atoms with Crippen molar-refractivity contribution in [3.63, 3.8) is 0 Å². The SMILES string of the molecule is C#CCOC[C@@H](O)CN(CCC)CC(=O)N1CCc2sccc2[C@@H]1COc1cccc(C)c1. The molecule has 2 heterocycles. The molecule has 1 aliphatic rings. The van der Waals surface area contributed by atoms with Gasteiger partial charge in [-0.15, -0.1) is 17.8 Å². The fourth-order valence-electron chi connectivity index (χ4n) is 4.19. The van der Waals surface area contributed by atoms with Gasteiger partial charge in [0, 0.05) is 18.0 Å². The Bertz CT molecular complexity index is 938. The Kier molecular flexibility index (Phi) is 9.76. The van der Waals surface area contributed by atoms with E-state index in [4.69, 9.17) is 15.9 Å². The molecule has 1 aliphatic heterocycles. The maximum atomic E-state index is 13.4. The minimum atomic E-state index is -0.692. The van der Waals surface area contributed by atoms with Gasteiger partial charge in [0.2, 0.25) is 5.91 Å². The van der Waals surface area contributed by atoms with E-state index in [0.717, 1.165) is 30.7 Å². The number of terminal acetylenes is 1. The molecule has 1 N–H and O–H groups in total. The largest absolute Gasteiger partial charge is 0.491 e. The highest BCUT2D eigenvalue weighted by Gasteiger charge is 2.33. The number of benzene rings is 1. The summed E-state index contributed by atoms with van der Waals surface area (Å²) in [6.45, 7) is 6.85. The fraction of sp³-hybridized carbons (Fsp3) is 0.500. The Morgan fingerprint density at radius 1 is 1.42 bits per heavy atom. The van der Waals surface area contributed by atoms with Crippen molar-refractivity contribution in [2.75, 3.05) is 46.0 Å². The van der Waals surface area contributed by atoms with Crippen molar-refractivity contribution in [1.82, 2.24) is 9.80 Å². The zero-order valence-electron chi connectivity index (χ0n) is 19.5. The van der Waals surface area contributed by atoms with E-state index in [0.29, 0.717) is 19.7 Å². The van der Waals surface area contributed by atoms with Gasteiger partial charge in [0.15, 0.2) is 0 Å². The highest BCUT2D eigenvalue weighted by atomic mass is 32.1. The first-order valence-corrected chi connectivity index (χ1v) is 12.4. The molecule has 0 bridgehead atoms. The number of hydrogen-bond donors (Lipinski definition) is 1. The molecule has 0 spiro atoms. The molecule has 0 unspecified atom stereocenters. The second-order valence-corrected chi connectivity index (χ2v) is 9.39.